The normalized spacial score (nSPS) is 12.8. The molecule has 0 saturated carbocycles. The molecule has 0 radical (unpaired) electrons. The Morgan fingerprint density at radius 2 is 0.534 bits per heavy atom. The van der Waals surface area contributed by atoms with Crippen molar-refractivity contribution in [2.24, 2.45) is 5.41 Å². The molecule has 3 aromatic carbocycles. The number of rotatable bonds is 36. The summed E-state index contributed by atoms with van der Waals surface area (Å²) in [6, 6.07) is 11.8. The molecule has 0 unspecified atom stereocenters. The van der Waals surface area contributed by atoms with Gasteiger partial charge in [0.15, 0.2) is 5.05 Å². The van der Waals surface area contributed by atoms with Crippen molar-refractivity contribution >= 4 is 35.2 Å². The standard InChI is InChI=1S/C77H124O10S/c1-20-21-22-23-24-25-26-27-28-29-30-31-32-33-34-35-36-37-38-67(88)87-54-77(51-84-64(78)42-39-55-45-58(71(2,3)4)68(81)59(46-55)72(5,6)7,52-85-65(79)43-40-56-47-60(73(8,9)10)69(82)61(48-56)74(11,12)13)53-86-66(80)44-41-57-49-62(75(14,15)16)70(83)63(50-57)76(17,18)19/h45-50,81-83H,20-44,51-54H2,1-19H3. The second-order valence-corrected chi connectivity index (χ2v) is 32.5. The van der Waals surface area contributed by atoms with Gasteiger partial charge in [0.05, 0.1) is 0 Å². The first-order valence-electron chi connectivity index (χ1n) is 34.0. The molecule has 0 aliphatic heterocycles. The fraction of sp³-hybridized carbons (Fsp3) is 0.714. The van der Waals surface area contributed by atoms with Crippen molar-refractivity contribution < 1.29 is 48.7 Å². The van der Waals surface area contributed by atoms with Crippen molar-refractivity contribution in [2.45, 2.75) is 325 Å². The maximum absolute atomic E-state index is 14.1. The minimum atomic E-state index is -1.36. The van der Waals surface area contributed by atoms with Crippen LogP contribution in [0.2, 0.25) is 0 Å². The molecule has 11 heteroatoms. The molecule has 3 aromatic rings. The molecular formula is C77H124O10S. The summed E-state index contributed by atoms with van der Waals surface area (Å²) in [7, 11) is 0. The third-order valence-corrected chi connectivity index (χ3v) is 17.4. The van der Waals surface area contributed by atoms with Crippen LogP contribution in [-0.2, 0) is 85.1 Å². The van der Waals surface area contributed by atoms with E-state index in [4.69, 9.17) is 31.2 Å². The van der Waals surface area contributed by atoms with Crippen molar-refractivity contribution in [1.82, 2.24) is 0 Å². The van der Waals surface area contributed by atoms with Crippen molar-refractivity contribution in [3.8, 4) is 17.2 Å². The van der Waals surface area contributed by atoms with E-state index in [1.165, 1.54) is 96.3 Å². The molecule has 0 saturated heterocycles. The Morgan fingerprint density at radius 3 is 0.750 bits per heavy atom. The van der Waals surface area contributed by atoms with Crippen LogP contribution in [0, 0.1) is 5.41 Å². The Labute approximate surface area is 541 Å². The monoisotopic (exact) mass is 1240 g/mol. The molecule has 0 aliphatic rings. The topological polar surface area (TPSA) is 149 Å². The van der Waals surface area contributed by atoms with Crippen LogP contribution in [0.15, 0.2) is 36.4 Å². The summed E-state index contributed by atoms with van der Waals surface area (Å²) < 4.78 is 24.9. The lowest BCUT2D eigenvalue weighted by Gasteiger charge is -2.32. The van der Waals surface area contributed by atoms with Crippen molar-refractivity contribution in [3.63, 3.8) is 0 Å². The summed E-state index contributed by atoms with van der Waals surface area (Å²) in [5.74, 6) is -0.715. The van der Waals surface area contributed by atoms with Crippen LogP contribution in [0.5, 0.6) is 17.2 Å². The third-order valence-electron chi connectivity index (χ3n) is 17.1. The highest BCUT2D eigenvalue weighted by Gasteiger charge is 2.38. The van der Waals surface area contributed by atoms with Crippen LogP contribution in [-0.4, -0.2) is 64.7 Å². The van der Waals surface area contributed by atoms with Crippen molar-refractivity contribution in [1.29, 1.82) is 0 Å². The van der Waals surface area contributed by atoms with Gasteiger partial charge in [-0.25, -0.2) is 0 Å². The van der Waals surface area contributed by atoms with E-state index in [-0.39, 0.29) is 95.4 Å². The molecule has 10 nitrogen and oxygen atoms in total. The molecule has 0 heterocycles. The number of phenols is 3. The van der Waals surface area contributed by atoms with Crippen LogP contribution >= 0.6 is 12.2 Å². The third kappa shape index (κ3) is 27.4. The van der Waals surface area contributed by atoms with E-state index in [0.29, 0.717) is 30.7 Å². The lowest BCUT2D eigenvalue weighted by atomic mass is 9.78. The van der Waals surface area contributed by atoms with E-state index in [9.17, 15) is 29.7 Å². The average Bonchev–Trinajstić information content (AvgIpc) is 0.859. The molecule has 3 rings (SSSR count). The van der Waals surface area contributed by atoms with Crippen LogP contribution in [0.3, 0.4) is 0 Å². The van der Waals surface area contributed by atoms with Crippen molar-refractivity contribution in [2.75, 3.05) is 26.4 Å². The zero-order chi connectivity index (χ0) is 66.3. The lowest BCUT2D eigenvalue weighted by molar-refractivity contribution is -0.164. The van der Waals surface area contributed by atoms with Gasteiger partial charge in [0.1, 0.15) is 49.1 Å². The minimum Gasteiger partial charge on any atom is -0.507 e. The summed E-state index contributed by atoms with van der Waals surface area (Å²) in [5, 5.41) is 34.7. The predicted octanol–water partition coefficient (Wildman–Crippen LogP) is 20.2. The van der Waals surface area contributed by atoms with Gasteiger partial charge in [0.2, 0.25) is 0 Å². The van der Waals surface area contributed by atoms with Crippen molar-refractivity contribution in [3.05, 3.63) is 86.5 Å². The molecule has 0 atom stereocenters. The van der Waals surface area contributed by atoms with E-state index >= 15 is 0 Å². The Balaban J connectivity index is 1.89. The Kier molecular flexibility index (Phi) is 31.1. The van der Waals surface area contributed by atoms with E-state index < -0.39 is 23.3 Å². The fourth-order valence-corrected chi connectivity index (χ4v) is 11.5. The summed E-state index contributed by atoms with van der Waals surface area (Å²) in [4.78, 5) is 42.2. The molecule has 0 amide bonds. The number of ether oxygens (including phenoxy) is 4. The number of carbonyl (C=O) groups excluding carboxylic acids is 3. The first-order valence-corrected chi connectivity index (χ1v) is 34.4. The summed E-state index contributed by atoms with van der Waals surface area (Å²) in [5.41, 5.74) is 3.98. The summed E-state index contributed by atoms with van der Waals surface area (Å²) in [6.07, 6.45) is 24.6. The fourth-order valence-electron chi connectivity index (χ4n) is 11.3. The molecular weight excluding hydrogens is 1120 g/mol. The Bertz CT molecular complexity index is 2310. The minimum absolute atomic E-state index is 0.0195. The highest BCUT2D eigenvalue weighted by molar-refractivity contribution is 7.80. The van der Waals surface area contributed by atoms with E-state index in [0.717, 1.165) is 69.3 Å². The highest BCUT2D eigenvalue weighted by atomic mass is 32.1. The highest BCUT2D eigenvalue weighted by Crippen LogP contribution is 2.43. The van der Waals surface area contributed by atoms with Gasteiger partial charge in [-0.3, -0.25) is 14.4 Å². The SMILES string of the molecule is CCCCCCCCCCCCCCCCCCCCC(=S)OCC(COC(=O)CCc1cc(C(C)(C)C)c(O)c(C(C)(C)C)c1)(COC(=O)CCc1cc(C(C)(C)C)c(O)c(C(C)(C)C)c1)COC(=O)CCc1cc(C(C)(C)C)c(O)c(C(C)(C)C)c1. The zero-order valence-electron chi connectivity index (χ0n) is 59.1. The van der Waals surface area contributed by atoms with Gasteiger partial charge in [-0.05, 0) is 120 Å². The first kappa shape index (κ1) is 77.6. The van der Waals surface area contributed by atoms with Gasteiger partial charge in [-0.15, -0.1) is 0 Å². The summed E-state index contributed by atoms with van der Waals surface area (Å²) >= 11 is 5.88. The molecule has 88 heavy (non-hydrogen) atoms. The van der Waals surface area contributed by atoms with Crippen LogP contribution < -0.4 is 0 Å². The number of esters is 3. The number of hydrogen-bond acceptors (Lipinski definition) is 11. The quantitative estimate of drug-likeness (QED) is 0.0221. The van der Waals surface area contributed by atoms with Crippen LogP contribution in [0.25, 0.3) is 0 Å². The average molecular weight is 1240 g/mol. The Hall–Kier alpha value is -4.64. The number of carbonyl (C=O) groups is 3. The zero-order valence-corrected chi connectivity index (χ0v) is 59.9. The second-order valence-electron chi connectivity index (χ2n) is 32.0. The number of benzene rings is 3. The van der Waals surface area contributed by atoms with Crippen LogP contribution in [0.1, 0.15) is 323 Å². The molecule has 3 N–H and O–H groups in total. The number of phenolic OH excluding ortho intramolecular Hbond substituents is 3. The molecule has 498 valence electrons. The van der Waals surface area contributed by atoms with E-state index in [2.05, 4.69) is 132 Å². The number of aryl methyl sites for hydroxylation is 3. The number of hydrogen-bond donors (Lipinski definition) is 3. The van der Waals surface area contributed by atoms with Gasteiger partial charge >= 0.3 is 17.9 Å². The van der Waals surface area contributed by atoms with E-state index in [1.807, 2.05) is 36.4 Å². The molecule has 0 fully saturated rings. The predicted molar refractivity (Wildman–Crippen MR) is 369 cm³/mol. The van der Waals surface area contributed by atoms with Gasteiger partial charge in [-0.2, -0.15) is 0 Å². The number of unbranched alkanes of at least 4 members (excludes halogenated alkanes) is 17. The number of aromatic hydroxyl groups is 3. The Morgan fingerprint density at radius 1 is 0.330 bits per heavy atom. The maximum atomic E-state index is 14.1. The lowest BCUT2D eigenvalue weighted by Crippen LogP contribution is -2.44. The molecule has 0 spiro atoms. The van der Waals surface area contributed by atoms with Gasteiger partial charge < -0.3 is 34.3 Å². The first-order chi connectivity index (χ1) is 40.8. The van der Waals surface area contributed by atoms with Crippen LogP contribution in [0.4, 0.5) is 0 Å². The van der Waals surface area contributed by atoms with Gasteiger partial charge in [-0.1, -0.05) is 277 Å². The smallest absolute Gasteiger partial charge is 0.306 e. The molecule has 0 bridgehead atoms. The molecule has 0 aromatic heterocycles. The second kappa shape index (κ2) is 35.3. The maximum Gasteiger partial charge on any atom is 0.306 e. The van der Waals surface area contributed by atoms with Gasteiger partial charge in [0, 0.05) is 25.7 Å². The summed E-state index contributed by atoms with van der Waals surface area (Å²) in [6.45, 7) is 38.2. The number of thiocarbonyl (C=S) groups is 1. The largest absolute Gasteiger partial charge is 0.507 e. The molecule has 0 aliphatic carbocycles. The van der Waals surface area contributed by atoms with E-state index in [1.54, 1.807) is 0 Å². The van der Waals surface area contributed by atoms with Gasteiger partial charge in [0.25, 0.3) is 0 Å².